The van der Waals surface area contributed by atoms with Crippen LogP contribution >= 0.6 is 0 Å². The topological polar surface area (TPSA) is 80.9 Å². The first kappa shape index (κ1) is 39.9. The summed E-state index contributed by atoms with van der Waals surface area (Å²) in [4.78, 5) is 0. The van der Waals surface area contributed by atoms with Crippen LogP contribution in [-0.4, -0.2) is 20.4 Å². The largest absolute Gasteiger partial charge is 0.508 e. The number of hydrogen-bond donors (Lipinski definition) is 4. The van der Waals surface area contributed by atoms with E-state index in [1.807, 2.05) is 24.3 Å². The van der Waals surface area contributed by atoms with Crippen molar-refractivity contribution < 1.29 is 20.4 Å². The van der Waals surface area contributed by atoms with Crippen molar-refractivity contribution in [2.24, 2.45) is 0 Å². The van der Waals surface area contributed by atoms with Gasteiger partial charge < -0.3 is 20.4 Å². The Kier molecular flexibility index (Phi) is 10.1. The molecular weight excluding hydrogens is 629 g/mol. The second-order valence-electron chi connectivity index (χ2n) is 19.5. The summed E-state index contributed by atoms with van der Waals surface area (Å²) >= 11 is 0. The predicted molar refractivity (Wildman–Crippen MR) is 214 cm³/mol. The van der Waals surface area contributed by atoms with Crippen molar-refractivity contribution in [3.05, 3.63) is 115 Å². The SMILES string of the molecule is Cc1cc(O)c(C(C)(C)C)cc1C(c1cc(C(C)(C)C)c(O)cc1C)C(C)(c1cc(C(C)(C)C)c(O)cc1C)c1cc(C(C)(C)C)c(O)cc1C. The van der Waals surface area contributed by atoms with Gasteiger partial charge >= 0.3 is 0 Å². The summed E-state index contributed by atoms with van der Waals surface area (Å²) < 4.78 is 0. The molecule has 0 aromatic heterocycles. The summed E-state index contributed by atoms with van der Waals surface area (Å²) in [7, 11) is 0. The van der Waals surface area contributed by atoms with Crippen molar-refractivity contribution >= 4 is 0 Å². The number of aromatic hydroxyl groups is 4. The fourth-order valence-electron chi connectivity index (χ4n) is 8.19. The van der Waals surface area contributed by atoms with Crippen LogP contribution in [0.15, 0.2) is 48.5 Å². The van der Waals surface area contributed by atoms with Gasteiger partial charge in [-0.15, -0.1) is 0 Å². The van der Waals surface area contributed by atoms with Gasteiger partial charge in [0.1, 0.15) is 23.0 Å². The van der Waals surface area contributed by atoms with E-state index in [1.54, 1.807) is 0 Å². The fourth-order valence-corrected chi connectivity index (χ4v) is 8.19. The van der Waals surface area contributed by atoms with Crippen molar-refractivity contribution in [3.8, 4) is 23.0 Å². The predicted octanol–water partition coefficient (Wildman–Crippen LogP) is 12.1. The molecule has 4 aromatic carbocycles. The Balaban J connectivity index is 2.41. The molecule has 0 aliphatic heterocycles. The minimum Gasteiger partial charge on any atom is -0.508 e. The van der Waals surface area contributed by atoms with Gasteiger partial charge in [0.2, 0.25) is 0 Å². The van der Waals surface area contributed by atoms with E-state index >= 15 is 0 Å². The Morgan fingerprint density at radius 1 is 0.333 bits per heavy atom. The van der Waals surface area contributed by atoms with Gasteiger partial charge in [-0.3, -0.25) is 0 Å². The smallest absolute Gasteiger partial charge is 0.119 e. The zero-order valence-corrected chi connectivity index (χ0v) is 34.5. The summed E-state index contributed by atoms with van der Waals surface area (Å²) in [5.74, 6) is 0.759. The molecule has 0 radical (unpaired) electrons. The van der Waals surface area contributed by atoms with Crippen LogP contribution in [0.3, 0.4) is 0 Å². The van der Waals surface area contributed by atoms with Gasteiger partial charge in [0.15, 0.2) is 0 Å². The first-order valence-corrected chi connectivity index (χ1v) is 18.4. The van der Waals surface area contributed by atoms with Gasteiger partial charge in [-0.1, -0.05) is 114 Å². The molecule has 0 saturated carbocycles. The minimum absolute atomic E-state index is 0.270. The highest BCUT2D eigenvalue weighted by Crippen LogP contribution is 2.55. The molecular formula is C47H64O4. The van der Waals surface area contributed by atoms with Crippen LogP contribution in [0.5, 0.6) is 23.0 Å². The van der Waals surface area contributed by atoms with E-state index in [-0.39, 0.29) is 50.6 Å². The van der Waals surface area contributed by atoms with Crippen LogP contribution < -0.4 is 0 Å². The summed E-state index contributed by atoms with van der Waals surface area (Å²) in [6.07, 6.45) is 0. The van der Waals surface area contributed by atoms with E-state index < -0.39 is 5.41 Å². The van der Waals surface area contributed by atoms with E-state index in [1.165, 1.54) is 0 Å². The Morgan fingerprint density at radius 2 is 0.569 bits per heavy atom. The van der Waals surface area contributed by atoms with E-state index in [9.17, 15) is 20.4 Å². The number of aryl methyl sites for hydroxylation is 4. The highest BCUT2D eigenvalue weighted by atomic mass is 16.3. The van der Waals surface area contributed by atoms with Crippen LogP contribution in [0.2, 0.25) is 0 Å². The molecule has 0 aliphatic carbocycles. The lowest BCUT2D eigenvalue weighted by Crippen LogP contribution is -2.36. The second-order valence-corrected chi connectivity index (χ2v) is 19.5. The number of benzene rings is 4. The zero-order valence-electron chi connectivity index (χ0n) is 34.5. The van der Waals surface area contributed by atoms with Crippen LogP contribution in [-0.2, 0) is 27.1 Å². The molecule has 0 spiro atoms. The molecule has 0 atom stereocenters. The Bertz CT molecular complexity index is 1830. The van der Waals surface area contributed by atoms with Crippen LogP contribution in [0.1, 0.15) is 163 Å². The number of rotatable bonds is 5. The molecule has 0 amide bonds. The third kappa shape index (κ3) is 7.39. The zero-order chi connectivity index (χ0) is 39.0. The molecule has 4 heteroatoms. The highest BCUT2D eigenvalue weighted by molar-refractivity contribution is 5.63. The Morgan fingerprint density at radius 3 is 0.824 bits per heavy atom. The Hall–Kier alpha value is -3.92. The molecule has 51 heavy (non-hydrogen) atoms. The highest BCUT2D eigenvalue weighted by Gasteiger charge is 2.45. The molecule has 0 aliphatic rings. The Labute approximate surface area is 308 Å². The van der Waals surface area contributed by atoms with Crippen molar-refractivity contribution in [2.45, 2.75) is 151 Å². The summed E-state index contributed by atoms with van der Waals surface area (Å²) in [5, 5.41) is 45.6. The van der Waals surface area contributed by atoms with Gasteiger partial charge in [0.05, 0.1) is 0 Å². The fraction of sp³-hybridized carbons (Fsp3) is 0.489. The van der Waals surface area contributed by atoms with Crippen LogP contribution in [0.25, 0.3) is 0 Å². The average Bonchev–Trinajstić information content (AvgIpc) is 2.92. The summed E-state index contributed by atoms with van der Waals surface area (Å²) in [5.41, 5.74) is 9.40. The standard InChI is InChI=1S/C47H64O4/c1-26-18-38(48)34(43(5,6)7)22-30(26)42(31-23-35(44(8,9)10)39(49)19-27(31)2)47(17,32-24-36(45(11,12)13)40(50)20-28(32)3)33-25-37(46(14,15)16)41(51)21-29(33)4/h18-25,42,48-51H,1-17H3. The lowest BCUT2D eigenvalue weighted by atomic mass is 9.58. The maximum atomic E-state index is 11.4. The lowest BCUT2D eigenvalue weighted by Gasteiger charge is -2.44. The van der Waals surface area contributed by atoms with Gasteiger partial charge in [-0.2, -0.15) is 0 Å². The molecule has 0 heterocycles. The first-order chi connectivity index (χ1) is 23.0. The molecule has 276 valence electrons. The number of hydrogen-bond acceptors (Lipinski definition) is 4. The normalized spacial score (nSPS) is 13.3. The number of phenols is 4. The quantitative estimate of drug-likeness (QED) is 0.168. The molecule has 0 unspecified atom stereocenters. The molecule has 4 N–H and O–H groups in total. The maximum Gasteiger partial charge on any atom is 0.119 e. The lowest BCUT2D eigenvalue weighted by molar-refractivity contribution is 0.430. The molecule has 0 fully saturated rings. The maximum absolute atomic E-state index is 11.4. The van der Waals surface area contributed by atoms with Gasteiger partial charge in [-0.25, -0.2) is 0 Å². The molecule has 4 rings (SSSR count). The van der Waals surface area contributed by atoms with Gasteiger partial charge in [-0.05, 0) is 140 Å². The van der Waals surface area contributed by atoms with E-state index in [0.29, 0.717) is 0 Å². The van der Waals surface area contributed by atoms with Crippen molar-refractivity contribution in [3.63, 3.8) is 0 Å². The van der Waals surface area contributed by atoms with Gasteiger partial charge in [0, 0.05) is 11.3 Å². The van der Waals surface area contributed by atoms with Crippen molar-refractivity contribution in [2.75, 3.05) is 0 Å². The first-order valence-electron chi connectivity index (χ1n) is 18.4. The van der Waals surface area contributed by atoms with Crippen molar-refractivity contribution in [1.82, 2.24) is 0 Å². The molecule has 0 saturated heterocycles. The third-order valence-electron chi connectivity index (χ3n) is 11.0. The van der Waals surface area contributed by atoms with Crippen LogP contribution in [0, 0.1) is 27.7 Å². The summed E-state index contributed by atoms with van der Waals surface area (Å²) in [6.45, 7) is 36.1. The third-order valence-corrected chi connectivity index (χ3v) is 11.0. The molecule has 4 aromatic rings. The monoisotopic (exact) mass is 692 g/mol. The van der Waals surface area contributed by atoms with E-state index in [4.69, 9.17) is 0 Å². The minimum atomic E-state index is -0.788. The van der Waals surface area contributed by atoms with E-state index in [2.05, 4.69) is 142 Å². The molecule has 0 bridgehead atoms. The average molecular weight is 693 g/mol. The van der Waals surface area contributed by atoms with Crippen molar-refractivity contribution in [1.29, 1.82) is 0 Å². The van der Waals surface area contributed by atoms with Gasteiger partial charge in [0.25, 0.3) is 0 Å². The second kappa shape index (κ2) is 12.9. The summed E-state index contributed by atoms with van der Waals surface area (Å²) in [6, 6.07) is 16.4. The van der Waals surface area contributed by atoms with Crippen LogP contribution in [0.4, 0.5) is 0 Å². The molecule has 4 nitrogen and oxygen atoms in total. The number of phenolic OH excluding ortho intramolecular Hbond substituents is 4. The van der Waals surface area contributed by atoms with E-state index in [0.717, 1.165) is 66.8 Å².